The maximum absolute atomic E-state index is 5.70. The van der Waals surface area contributed by atoms with Gasteiger partial charge in [0.15, 0.2) is 5.96 Å². The Hall–Kier alpha value is -1.79. The van der Waals surface area contributed by atoms with Gasteiger partial charge < -0.3 is 15.1 Å². The van der Waals surface area contributed by atoms with Crippen molar-refractivity contribution in [3.8, 4) is 0 Å². The van der Waals surface area contributed by atoms with E-state index >= 15 is 0 Å². The number of nitrogens with zero attached hydrogens (tertiary/aromatic N) is 2. The van der Waals surface area contributed by atoms with Crippen molar-refractivity contribution in [1.29, 1.82) is 0 Å². The van der Waals surface area contributed by atoms with E-state index < -0.39 is 0 Å². The first kappa shape index (κ1) is 19.0. The number of guanidine groups is 1. The summed E-state index contributed by atoms with van der Waals surface area (Å²) in [6.07, 6.45) is 5.30. The lowest BCUT2D eigenvalue weighted by Crippen LogP contribution is -2.46. The maximum atomic E-state index is 5.70. The lowest BCUT2D eigenvalue weighted by molar-refractivity contribution is 0.215. The molecule has 2 aromatic rings. The van der Waals surface area contributed by atoms with Gasteiger partial charge in [0, 0.05) is 35.8 Å². The molecule has 2 aromatic heterocycles. The summed E-state index contributed by atoms with van der Waals surface area (Å²) >= 11 is 1.86. The number of rotatable bonds is 7. The standard InChI is InChI=1S/C20H30N4OS/c1-15(13-17-9-8-16(2)26-17)23-20(21-3)22-14-18(19-7-6-12-25-19)24-10-4-5-11-24/h6-9,12,15,18H,4-5,10-11,13-14H2,1-3H3,(H2,21,22,23). The molecule has 2 atom stereocenters. The Balaban J connectivity index is 1.54. The van der Waals surface area contributed by atoms with Gasteiger partial charge in [-0.25, -0.2) is 0 Å². The Bertz CT molecular complexity index is 688. The second-order valence-corrected chi connectivity index (χ2v) is 8.36. The predicted molar refractivity (Wildman–Crippen MR) is 109 cm³/mol. The number of likely N-dealkylation sites (tertiary alicyclic amines) is 1. The molecule has 0 radical (unpaired) electrons. The van der Waals surface area contributed by atoms with E-state index in [1.807, 2.05) is 24.5 Å². The van der Waals surface area contributed by atoms with Crippen molar-refractivity contribution >= 4 is 17.3 Å². The van der Waals surface area contributed by atoms with Crippen molar-refractivity contribution in [3.63, 3.8) is 0 Å². The molecule has 6 heteroatoms. The first-order valence-corrected chi connectivity index (χ1v) is 10.3. The van der Waals surface area contributed by atoms with Gasteiger partial charge in [0.05, 0.1) is 12.3 Å². The minimum absolute atomic E-state index is 0.251. The monoisotopic (exact) mass is 374 g/mol. The normalized spacial score (nSPS) is 18.0. The summed E-state index contributed by atoms with van der Waals surface area (Å²) in [6.45, 7) is 7.41. The number of aliphatic imine (C=N–C) groups is 1. The van der Waals surface area contributed by atoms with Crippen molar-refractivity contribution in [3.05, 3.63) is 46.0 Å². The van der Waals surface area contributed by atoms with E-state index in [1.165, 1.54) is 22.6 Å². The summed E-state index contributed by atoms with van der Waals surface area (Å²) in [5.74, 6) is 1.87. The Morgan fingerprint density at radius 2 is 2.12 bits per heavy atom. The summed E-state index contributed by atoms with van der Waals surface area (Å²) in [7, 11) is 1.83. The molecule has 1 aliphatic rings. The van der Waals surface area contributed by atoms with Crippen LogP contribution in [-0.4, -0.2) is 43.6 Å². The fourth-order valence-electron chi connectivity index (χ4n) is 3.51. The SMILES string of the molecule is CN=C(NCC(c1ccco1)N1CCCC1)NC(C)Cc1ccc(C)s1. The van der Waals surface area contributed by atoms with Gasteiger partial charge in [0.25, 0.3) is 0 Å². The molecule has 0 saturated carbocycles. The Morgan fingerprint density at radius 3 is 2.73 bits per heavy atom. The van der Waals surface area contributed by atoms with Crippen LogP contribution in [0, 0.1) is 6.92 Å². The molecule has 2 N–H and O–H groups in total. The fourth-order valence-corrected chi connectivity index (χ4v) is 4.53. The molecule has 0 bridgehead atoms. The van der Waals surface area contributed by atoms with Crippen LogP contribution in [0.4, 0.5) is 0 Å². The van der Waals surface area contributed by atoms with Crippen molar-refractivity contribution in [1.82, 2.24) is 15.5 Å². The third-order valence-corrected chi connectivity index (χ3v) is 5.85. The van der Waals surface area contributed by atoms with E-state index in [4.69, 9.17) is 4.42 Å². The van der Waals surface area contributed by atoms with Gasteiger partial charge in [0.1, 0.15) is 5.76 Å². The molecule has 1 aliphatic heterocycles. The van der Waals surface area contributed by atoms with Gasteiger partial charge in [-0.05, 0) is 64.0 Å². The molecule has 2 unspecified atom stereocenters. The first-order valence-electron chi connectivity index (χ1n) is 9.45. The average Bonchev–Trinajstić information content (AvgIpc) is 3.37. The van der Waals surface area contributed by atoms with Crippen LogP contribution >= 0.6 is 11.3 Å². The molecule has 3 rings (SSSR count). The largest absolute Gasteiger partial charge is 0.468 e. The third kappa shape index (κ3) is 5.11. The highest BCUT2D eigenvalue weighted by Gasteiger charge is 2.25. The quantitative estimate of drug-likeness (QED) is 0.574. The summed E-state index contributed by atoms with van der Waals surface area (Å²) in [5, 5.41) is 7.01. The molecule has 26 heavy (non-hydrogen) atoms. The number of hydrogen-bond acceptors (Lipinski definition) is 4. The first-order chi connectivity index (χ1) is 12.7. The van der Waals surface area contributed by atoms with Crippen LogP contribution in [0.15, 0.2) is 39.9 Å². The molecule has 0 aliphatic carbocycles. The summed E-state index contributed by atoms with van der Waals surface area (Å²) in [5.41, 5.74) is 0. The Labute approximate surface area is 160 Å². The summed E-state index contributed by atoms with van der Waals surface area (Å²) < 4.78 is 5.70. The van der Waals surface area contributed by atoms with E-state index in [1.54, 1.807) is 6.26 Å². The van der Waals surface area contributed by atoms with Crippen molar-refractivity contribution in [2.24, 2.45) is 4.99 Å². The highest BCUT2D eigenvalue weighted by Crippen LogP contribution is 2.24. The number of hydrogen-bond donors (Lipinski definition) is 2. The maximum Gasteiger partial charge on any atom is 0.191 e. The molecule has 0 amide bonds. The van der Waals surface area contributed by atoms with Crippen LogP contribution in [0.2, 0.25) is 0 Å². The van der Waals surface area contributed by atoms with E-state index in [9.17, 15) is 0 Å². The van der Waals surface area contributed by atoms with Crippen molar-refractivity contribution in [2.45, 2.75) is 45.2 Å². The minimum atomic E-state index is 0.251. The topological polar surface area (TPSA) is 52.8 Å². The van der Waals surface area contributed by atoms with E-state index in [0.29, 0.717) is 6.04 Å². The molecule has 1 fully saturated rings. The number of aryl methyl sites for hydroxylation is 1. The van der Waals surface area contributed by atoms with Gasteiger partial charge in [-0.15, -0.1) is 11.3 Å². The highest BCUT2D eigenvalue weighted by atomic mass is 32.1. The van der Waals surface area contributed by atoms with E-state index in [-0.39, 0.29) is 6.04 Å². The van der Waals surface area contributed by atoms with Crippen molar-refractivity contribution < 1.29 is 4.42 Å². The number of nitrogens with one attached hydrogen (secondary N) is 2. The number of thiophene rings is 1. The molecular formula is C20H30N4OS. The van der Waals surface area contributed by atoms with Crippen LogP contribution in [-0.2, 0) is 6.42 Å². The smallest absolute Gasteiger partial charge is 0.191 e. The lowest BCUT2D eigenvalue weighted by Gasteiger charge is -2.27. The summed E-state index contributed by atoms with van der Waals surface area (Å²) in [6, 6.07) is 9.02. The second kappa shape index (κ2) is 9.24. The predicted octanol–water partition coefficient (Wildman–Crippen LogP) is 3.58. The average molecular weight is 375 g/mol. The Morgan fingerprint density at radius 1 is 1.31 bits per heavy atom. The molecule has 5 nitrogen and oxygen atoms in total. The number of furan rings is 1. The van der Waals surface area contributed by atoms with Crippen LogP contribution < -0.4 is 10.6 Å². The van der Waals surface area contributed by atoms with Gasteiger partial charge in [-0.3, -0.25) is 9.89 Å². The van der Waals surface area contributed by atoms with Crippen LogP contribution in [0.25, 0.3) is 0 Å². The van der Waals surface area contributed by atoms with Crippen LogP contribution in [0.3, 0.4) is 0 Å². The lowest BCUT2D eigenvalue weighted by atomic mass is 10.2. The molecular weight excluding hydrogens is 344 g/mol. The zero-order chi connectivity index (χ0) is 18.4. The molecule has 0 aromatic carbocycles. The van der Waals surface area contributed by atoms with Gasteiger partial charge >= 0.3 is 0 Å². The minimum Gasteiger partial charge on any atom is -0.468 e. The zero-order valence-corrected chi connectivity index (χ0v) is 16.8. The van der Waals surface area contributed by atoms with Gasteiger partial charge in [0.2, 0.25) is 0 Å². The van der Waals surface area contributed by atoms with Crippen LogP contribution in [0.1, 0.15) is 41.3 Å². The van der Waals surface area contributed by atoms with Gasteiger partial charge in [-0.1, -0.05) is 0 Å². The molecule has 3 heterocycles. The fraction of sp³-hybridized carbons (Fsp3) is 0.550. The molecule has 0 spiro atoms. The van der Waals surface area contributed by atoms with Crippen molar-refractivity contribution in [2.75, 3.05) is 26.7 Å². The summed E-state index contributed by atoms with van der Waals surface area (Å²) in [4.78, 5) is 9.67. The third-order valence-electron chi connectivity index (χ3n) is 4.83. The highest BCUT2D eigenvalue weighted by molar-refractivity contribution is 7.11. The van der Waals surface area contributed by atoms with E-state index in [2.05, 4.69) is 52.6 Å². The van der Waals surface area contributed by atoms with E-state index in [0.717, 1.165) is 37.8 Å². The second-order valence-electron chi connectivity index (χ2n) is 6.99. The molecule has 1 saturated heterocycles. The molecule has 142 valence electrons. The Kier molecular flexibility index (Phi) is 6.74. The zero-order valence-electron chi connectivity index (χ0n) is 16.0. The van der Waals surface area contributed by atoms with Crippen LogP contribution in [0.5, 0.6) is 0 Å². The van der Waals surface area contributed by atoms with Gasteiger partial charge in [-0.2, -0.15) is 0 Å².